The number of carbonyl (C=O) groups is 1. The zero-order valence-electron chi connectivity index (χ0n) is 15.5. The lowest BCUT2D eigenvalue weighted by Gasteiger charge is -2.23. The summed E-state index contributed by atoms with van der Waals surface area (Å²) < 4.78 is 1.20. The van der Waals surface area contributed by atoms with Gasteiger partial charge in [0.05, 0.1) is 12.5 Å². The highest BCUT2D eigenvalue weighted by molar-refractivity contribution is 5.79. The Balaban J connectivity index is 1.88. The summed E-state index contributed by atoms with van der Waals surface area (Å²) in [5.74, 6) is -0.0488. The van der Waals surface area contributed by atoms with Crippen molar-refractivity contribution in [1.29, 1.82) is 5.26 Å². The number of fused-ring (bicyclic) bond motifs is 1. The number of aromatic nitrogens is 3. The number of hydrogen-bond acceptors (Lipinski definition) is 4. The van der Waals surface area contributed by atoms with Crippen LogP contribution in [0, 0.1) is 24.2 Å². The molecule has 1 unspecified atom stereocenters. The molecule has 2 aromatic heterocycles. The maximum Gasteiger partial charge on any atom is 0.276 e. The fourth-order valence-electron chi connectivity index (χ4n) is 3.12. The van der Waals surface area contributed by atoms with Gasteiger partial charge in [0.15, 0.2) is 5.65 Å². The average molecular weight is 363 g/mol. The first-order chi connectivity index (χ1) is 12.9. The predicted molar refractivity (Wildman–Crippen MR) is 101 cm³/mol. The molecule has 0 fully saturated rings. The van der Waals surface area contributed by atoms with Crippen LogP contribution in [0.5, 0.6) is 0 Å². The number of rotatable bonds is 5. The molecule has 138 valence electrons. The third-order valence-electron chi connectivity index (χ3n) is 4.56. The van der Waals surface area contributed by atoms with Gasteiger partial charge in [-0.05, 0) is 18.4 Å². The quantitative estimate of drug-likeness (QED) is 0.725. The normalized spacial score (nSPS) is 12.1. The SMILES string of the molecule is Cc1nc2c(C#N)c[nH]n2c(=O)c1CC(=O)NC(c1ccccc1)C(C)C. The van der Waals surface area contributed by atoms with Crippen LogP contribution in [0.1, 0.15) is 42.3 Å². The molecule has 3 aromatic rings. The second-order valence-electron chi connectivity index (χ2n) is 6.82. The summed E-state index contributed by atoms with van der Waals surface area (Å²) in [5, 5.41) is 14.8. The molecule has 1 amide bonds. The van der Waals surface area contributed by atoms with Crippen LogP contribution in [-0.4, -0.2) is 20.5 Å². The number of hydrogen-bond donors (Lipinski definition) is 2. The molecule has 2 N–H and O–H groups in total. The molecule has 0 radical (unpaired) electrons. The van der Waals surface area contributed by atoms with Gasteiger partial charge in [0, 0.05) is 17.5 Å². The molecule has 2 heterocycles. The van der Waals surface area contributed by atoms with Crippen LogP contribution in [0.2, 0.25) is 0 Å². The van der Waals surface area contributed by atoms with Crippen molar-refractivity contribution in [2.24, 2.45) is 5.92 Å². The zero-order chi connectivity index (χ0) is 19.6. The monoisotopic (exact) mass is 363 g/mol. The van der Waals surface area contributed by atoms with Crippen molar-refractivity contribution in [3.05, 3.63) is 69.3 Å². The fraction of sp³-hybridized carbons (Fsp3) is 0.300. The van der Waals surface area contributed by atoms with Gasteiger partial charge < -0.3 is 5.32 Å². The molecule has 7 nitrogen and oxygen atoms in total. The summed E-state index contributed by atoms with van der Waals surface area (Å²) >= 11 is 0. The highest BCUT2D eigenvalue weighted by Gasteiger charge is 2.21. The van der Waals surface area contributed by atoms with Gasteiger partial charge in [0.1, 0.15) is 11.6 Å². The molecule has 0 aliphatic carbocycles. The summed E-state index contributed by atoms with van der Waals surface area (Å²) in [4.78, 5) is 29.7. The number of nitriles is 1. The maximum absolute atomic E-state index is 12.7. The number of H-pyrrole nitrogens is 1. The van der Waals surface area contributed by atoms with Crippen LogP contribution in [0.3, 0.4) is 0 Å². The van der Waals surface area contributed by atoms with Gasteiger partial charge in [-0.25, -0.2) is 9.50 Å². The minimum absolute atomic E-state index is 0.0719. The summed E-state index contributed by atoms with van der Waals surface area (Å²) in [5.41, 5.74) is 1.98. The number of benzene rings is 1. The van der Waals surface area contributed by atoms with E-state index in [1.54, 1.807) is 6.92 Å². The van der Waals surface area contributed by atoms with E-state index >= 15 is 0 Å². The Morgan fingerprint density at radius 1 is 1.33 bits per heavy atom. The van der Waals surface area contributed by atoms with Crippen LogP contribution < -0.4 is 10.9 Å². The molecule has 27 heavy (non-hydrogen) atoms. The number of aromatic amines is 1. The maximum atomic E-state index is 12.7. The lowest BCUT2D eigenvalue weighted by molar-refractivity contribution is -0.121. The third-order valence-corrected chi connectivity index (χ3v) is 4.56. The molecule has 0 aliphatic heterocycles. The number of aryl methyl sites for hydroxylation is 1. The summed E-state index contributed by atoms with van der Waals surface area (Å²) in [7, 11) is 0. The Labute approximate surface area is 156 Å². The number of amides is 1. The van der Waals surface area contributed by atoms with E-state index in [-0.39, 0.29) is 41.1 Å². The average Bonchev–Trinajstić information content (AvgIpc) is 3.06. The van der Waals surface area contributed by atoms with Crippen LogP contribution in [0.15, 0.2) is 41.3 Å². The Morgan fingerprint density at radius 2 is 2.04 bits per heavy atom. The third kappa shape index (κ3) is 3.60. The van der Waals surface area contributed by atoms with Gasteiger partial charge in [0.25, 0.3) is 5.56 Å². The van der Waals surface area contributed by atoms with Crippen molar-refractivity contribution in [3.63, 3.8) is 0 Å². The standard InChI is InChI=1S/C20H21N5O2/c1-12(2)18(14-7-5-4-6-8-14)24-17(26)9-16-13(3)23-19-15(10-21)11-22-25(19)20(16)27/h4-8,11-12,18,22H,9H2,1-3H3,(H,24,26). The van der Waals surface area contributed by atoms with Crippen LogP contribution in [0.25, 0.3) is 5.65 Å². The fourth-order valence-corrected chi connectivity index (χ4v) is 3.12. The molecule has 3 rings (SSSR count). The molecular weight excluding hydrogens is 342 g/mol. The van der Waals surface area contributed by atoms with E-state index in [4.69, 9.17) is 5.26 Å². The van der Waals surface area contributed by atoms with E-state index in [9.17, 15) is 9.59 Å². The molecule has 7 heteroatoms. The lowest BCUT2D eigenvalue weighted by atomic mass is 9.95. The van der Waals surface area contributed by atoms with Crippen molar-refractivity contribution < 1.29 is 4.79 Å². The smallest absolute Gasteiger partial charge is 0.276 e. The van der Waals surface area contributed by atoms with E-state index in [1.165, 1.54) is 10.7 Å². The largest absolute Gasteiger partial charge is 0.349 e. The van der Waals surface area contributed by atoms with Gasteiger partial charge in [-0.1, -0.05) is 44.2 Å². The number of nitrogens with zero attached hydrogens (tertiary/aromatic N) is 3. The van der Waals surface area contributed by atoms with Crippen LogP contribution in [-0.2, 0) is 11.2 Å². The van der Waals surface area contributed by atoms with Gasteiger partial charge in [-0.3, -0.25) is 14.7 Å². The Hall–Kier alpha value is -3.40. The first-order valence-corrected chi connectivity index (χ1v) is 8.76. The van der Waals surface area contributed by atoms with Gasteiger partial charge >= 0.3 is 0 Å². The Kier molecular flexibility index (Phi) is 5.08. The van der Waals surface area contributed by atoms with Crippen molar-refractivity contribution in [2.75, 3.05) is 0 Å². The second-order valence-corrected chi connectivity index (χ2v) is 6.82. The summed E-state index contributed by atoms with van der Waals surface area (Å²) in [6.07, 6.45) is 1.36. The van der Waals surface area contributed by atoms with E-state index in [0.29, 0.717) is 11.3 Å². The first kappa shape index (κ1) is 18.4. The molecule has 1 aromatic carbocycles. The molecule has 0 spiro atoms. The van der Waals surface area contributed by atoms with E-state index in [1.807, 2.05) is 50.2 Å². The molecule has 0 saturated heterocycles. The van der Waals surface area contributed by atoms with Crippen molar-refractivity contribution >= 4 is 11.6 Å². The van der Waals surface area contributed by atoms with Crippen LogP contribution in [0.4, 0.5) is 0 Å². The minimum Gasteiger partial charge on any atom is -0.349 e. The van der Waals surface area contributed by atoms with Gasteiger partial charge in [-0.2, -0.15) is 5.26 Å². The topological polar surface area (TPSA) is 103 Å². The van der Waals surface area contributed by atoms with E-state index < -0.39 is 0 Å². The van der Waals surface area contributed by atoms with Crippen molar-refractivity contribution in [2.45, 2.75) is 33.2 Å². The van der Waals surface area contributed by atoms with Gasteiger partial charge in [-0.15, -0.1) is 0 Å². The molecule has 0 aliphatic rings. The van der Waals surface area contributed by atoms with Gasteiger partial charge in [0.2, 0.25) is 5.91 Å². The van der Waals surface area contributed by atoms with E-state index in [0.717, 1.165) is 5.56 Å². The second kappa shape index (κ2) is 7.46. The highest BCUT2D eigenvalue weighted by atomic mass is 16.2. The molecule has 1 atom stereocenters. The minimum atomic E-state index is -0.366. The van der Waals surface area contributed by atoms with Crippen LogP contribution >= 0.6 is 0 Å². The molecular formula is C20H21N5O2. The number of nitrogens with one attached hydrogen (secondary N) is 2. The Bertz CT molecular complexity index is 1070. The van der Waals surface area contributed by atoms with Crippen molar-refractivity contribution in [1.82, 2.24) is 19.9 Å². The van der Waals surface area contributed by atoms with Crippen molar-refractivity contribution in [3.8, 4) is 6.07 Å². The summed E-state index contributed by atoms with van der Waals surface area (Å²) in [6, 6.07) is 11.6. The summed E-state index contributed by atoms with van der Waals surface area (Å²) in [6.45, 7) is 5.75. The number of carbonyl (C=O) groups excluding carboxylic acids is 1. The van der Waals surface area contributed by atoms with E-state index in [2.05, 4.69) is 15.4 Å². The predicted octanol–water partition coefficient (Wildman–Crippen LogP) is 2.26. The molecule has 0 bridgehead atoms. The highest BCUT2D eigenvalue weighted by Crippen LogP contribution is 2.21. The zero-order valence-corrected chi connectivity index (χ0v) is 15.5. The Morgan fingerprint density at radius 3 is 2.67 bits per heavy atom. The lowest BCUT2D eigenvalue weighted by Crippen LogP contribution is -2.35. The first-order valence-electron chi connectivity index (χ1n) is 8.76. The molecule has 0 saturated carbocycles.